The lowest BCUT2D eigenvalue weighted by molar-refractivity contribution is 0.464. The number of sulfonamides is 1. The second-order valence-corrected chi connectivity index (χ2v) is 7.45. The van der Waals surface area contributed by atoms with Gasteiger partial charge in [-0.25, -0.2) is 18.1 Å². The second kappa shape index (κ2) is 6.64. The van der Waals surface area contributed by atoms with Crippen molar-refractivity contribution < 1.29 is 8.42 Å². The third-order valence-corrected chi connectivity index (χ3v) is 5.39. The van der Waals surface area contributed by atoms with Crippen molar-refractivity contribution >= 4 is 15.8 Å². The Balaban J connectivity index is 1.72. The Kier molecular flexibility index (Phi) is 4.58. The fourth-order valence-corrected chi connectivity index (χ4v) is 4.00. The van der Waals surface area contributed by atoms with Gasteiger partial charge in [0.1, 0.15) is 10.7 Å². The van der Waals surface area contributed by atoms with Crippen LogP contribution in [-0.4, -0.2) is 37.5 Å². The molecule has 1 atom stereocenters. The number of hydrogen-bond acceptors (Lipinski definition) is 5. The van der Waals surface area contributed by atoms with E-state index >= 15 is 0 Å². The van der Waals surface area contributed by atoms with Crippen molar-refractivity contribution in [2.45, 2.75) is 30.7 Å². The molecule has 23 heavy (non-hydrogen) atoms. The van der Waals surface area contributed by atoms with Crippen LogP contribution >= 0.6 is 0 Å². The van der Waals surface area contributed by atoms with E-state index in [2.05, 4.69) is 19.6 Å². The number of hydrogen-bond donors (Lipinski definition) is 1. The predicted octanol–water partition coefficient (Wildman–Crippen LogP) is 1.73. The van der Waals surface area contributed by atoms with Crippen LogP contribution in [0.4, 0.5) is 5.82 Å². The van der Waals surface area contributed by atoms with Crippen molar-refractivity contribution in [1.29, 1.82) is 0 Å². The molecular formula is C16H20N4O2S. The van der Waals surface area contributed by atoms with Gasteiger partial charge in [-0.05, 0) is 44.0 Å². The Hall–Kier alpha value is -1.99. The van der Waals surface area contributed by atoms with Gasteiger partial charge in [-0.15, -0.1) is 0 Å². The van der Waals surface area contributed by atoms with Crippen LogP contribution in [0.25, 0.3) is 0 Å². The first-order valence-electron chi connectivity index (χ1n) is 7.65. The Morgan fingerprint density at radius 3 is 2.87 bits per heavy atom. The number of aryl methyl sites for hydroxylation is 1. The average molecular weight is 332 g/mol. The molecule has 3 rings (SSSR count). The van der Waals surface area contributed by atoms with E-state index in [0.29, 0.717) is 6.54 Å². The summed E-state index contributed by atoms with van der Waals surface area (Å²) in [6.45, 7) is 3.47. The molecule has 1 aliphatic rings. The summed E-state index contributed by atoms with van der Waals surface area (Å²) < 4.78 is 27.6. The number of nitrogens with zero attached hydrogens (tertiary/aromatic N) is 3. The summed E-state index contributed by atoms with van der Waals surface area (Å²) in [5.74, 6) is 0.898. The Labute approximate surface area is 136 Å². The van der Waals surface area contributed by atoms with E-state index in [1.807, 2.05) is 25.1 Å². The lowest BCUT2D eigenvalue weighted by atomic mass is 10.1. The van der Waals surface area contributed by atoms with Gasteiger partial charge in [-0.3, -0.25) is 4.98 Å². The summed E-state index contributed by atoms with van der Waals surface area (Å²) in [5, 5.41) is 0. The third kappa shape index (κ3) is 3.86. The van der Waals surface area contributed by atoms with E-state index in [1.54, 1.807) is 18.3 Å². The molecule has 0 spiro atoms. The average Bonchev–Trinajstić information content (AvgIpc) is 2.55. The van der Waals surface area contributed by atoms with Gasteiger partial charge in [0.15, 0.2) is 0 Å². The molecule has 1 fully saturated rings. The summed E-state index contributed by atoms with van der Waals surface area (Å²) in [5.41, 5.74) is 0.959. The molecule has 6 nitrogen and oxygen atoms in total. The summed E-state index contributed by atoms with van der Waals surface area (Å²) >= 11 is 0. The van der Waals surface area contributed by atoms with Gasteiger partial charge in [0, 0.05) is 37.2 Å². The van der Waals surface area contributed by atoms with E-state index in [4.69, 9.17) is 0 Å². The van der Waals surface area contributed by atoms with Crippen molar-refractivity contribution in [3.05, 3.63) is 48.4 Å². The molecule has 0 aromatic carbocycles. The molecule has 3 heterocycles. The minimum absolute atomic E-state index is 0.128. The van der Waals surface area contributed by atoms with Gasteiger partial charge < -0.3 is 4.90 Å². The fourth-order valence-electron chi connectivity index (χ4n) is 2.78. The van der Waals surface area contributed by atoms with Crippen molar-refractivity contribution in [2.24, 2.45) is 0 Å². The van der Waals surface area contributed by atoms with Gasteiger partial charge in [0.05, 0.1) is 0 Å². The van der Waals surface area contributed by atoms with Crippen LogP contribution in [0.2, 0.25) is 0 Å². The van der Waals surface area contributed by atoms with Crippen LogP contribution < -0.4 is 9.62 Å². The predicted molar refractivity (Wildman–Crippen MR) is 88.8 cm³/mol. The molecule has 0 aliphatic carbocycles. The first-order chi connectivity index (χ1) is 11.0. The van der Waals surface area contributed by atoms with Crippen LogP contribution in [0.5, 0.6) is 0 Å². The maximum Gasteiger partial charge on any atom is 0.242 e. The summed E-state index contributed by atoms with van der Waals surface area (Å²) in [6.07, 6.45) is 4.67. The van der Waals surface area contributed by atoms with Crippen LogP contribution in [0, 0.1) is 6.92 Å². The van der Waals surface area contributed by atoms with Crippen LogP contribution in [-0.2, 0) is 10.0 Å². The minimum Gasteiger partial charge on any atom is -0.355 e. The molecule has 0 amide bonds. The molecule has 1 N–H and O–H groups in total. The summed E-state index contributed by atoms with van der Waals surface area (Å²) in [7, 11) is -3.53. The highest BCUT2D eigenvalue weighted by Crippen LogP contribution is 2.19. The van der Waals surface area contributed by atoms with Gasteiger partial charge in [0.2, 0.25) is 10.0 Å². The molecule has 1 aliphatic heterocycles. The number of pyridine rings is 2. The van der Waals surface area contributed by atoms with E-state index in [-0.39, 0.29) is 10.9 Å². The van der Waals surface area contributed by atoms with Crippen molar-refractivity contribution in [1.82, 2.24) is 14.7 Å². The van der Waals surface area contributed by atoms with Crippen LogP contribution in [0.1, 0.15) is 18.5 Å². The SMILES string of the molecule is Cc1cccc(N2CCC[C@@H](NS(=O)(=O)c3cccnc3)C2)n1. The second-order valence-electron chi connectivity index (χ2n) is 5.73. The Morgan fingerprint density at radius 2 is 2.13 bits per heavy atom. The molecule has 0 saturated carbocycles. The van der Waals surface area contributed by atoms with E-state index in [0.717, 1.165) is 30.9 Å². The maximum absolute atomic E-state index is 12.4. The van der Waals surface area contributed by atoms with Gasteiger partial charge in [-0.1, -0.05) is 6.07 Å². The number of piperidine rings is 1. The number of anilines is 1. The lowest BCUT2D eigenvalue weighted by Crippen LogP contribution is -2.48. The molecule has 0 bridgehead atoms. The van der Waals surface area contributed by atoms with Crippen LogP contribution in [0.15, 0.2) is 47.6 Å². The monoisotopic (exact) mass is 332 g/mol. The number of rotatable bonds is 4. The fraction of sp³-hybridized carbons (Fsp3) is 0.375. The molecule has 0 radical (unpaired) electrons. The van der Waals surface area contributed by atoms with E-state index in [9.17, 15) is 8.42 Å². The maximum atomic E-state index is 12.4. The van der Waals surface area contributed by atoms with Crippen molar-refractivity contribution in [3.63, 3.8) is 0 Å². The zero-order valence-electron chi connectivity index (χ0n) is 13.0. The quantitative estimate of drug-likeness (QED) is 0.923. The number of nitrogens with one attached hydrogen (secondary N) is 1. The van der Waals surface area contributed by atoms with Crippen LogP contribution in [0.3, 0.4) is 0 Å². The van der Waals surface area contributed by atoms with Crippen molar-refractivity contribution in [2.75, 3.05) is 18.0 Å². The largest absolute Gasteiger partial charge is 0.355 e. The highest BCUT2D eigenvalue weighted by Gasteiger charge is 2.26. The molecule has 2 aromatic heterocycles. The molecule has 2 aromatic rings. The zero-order chi connectivity index (χ0) is 16.3. The molecule has 0 unspecified atom stereocenters. The highest BCUT2D eigenvalue weighted by atomic mass is 32.2. The normalized spacial score (nSPS) is 18.8. The summed E-state index contributed by atoms with van der Waals surface area (Å²) in [4.78, 5) is 10.7. The Bertz CT molecular complexity index is 765. The molecule has 7 heteroatoms. The third-order valence-electron chi connectivity index (χ3n) is 3.89. The molecule has 122 valence electrons. The van der Waals surface area contributed by atoms with Gasteiger partial charge in [-0.2, -0.15) is 0 Å². The summed E-state index contributed by atoms with van der Waals surface area (Å²) in [6, 6.07) is 8.94. The molecule has 1 saturated heterocycles. The Morgan fingerprint density at radius 1 is 1.26 bits per heavy atom. The van der Waals surface area contributed by atoms with Gasteiger partial charge >= 0.3 is 0 Å². The first-order valence-corrected chi connectivity index (χ1v) is 9.14. The zero-order valence-corrected chi connectivity index (χ0v) is 13.8. The number of aromatic nitrogens is 2. The van der Waals surface area contributed by atoms with E-state index in [1.165, 1.54) is 6.20 Å². The lowest BCUT2D eigenvalue weighted by Gasteiger charge is -2.33. The van der Waals surface area contributed by atoms with E-state index < -0.39 is 10.0 Å². The molecular weight excluding hydrogens is 312 g/mol. The van der Waals surface area contributed by atoms with Crippen molar-refractivity contribution in [3.8, 4) is 0 Å². The minimum atomic E-state index is -3.53. The first kappa shape index (κ1) is 15.9. The topological polar surface area (TPSA) is 75.2 Å². The standard InChI is InChI=1S/C16H20N4O2S/c1-13-5-2-8-16(18-13)20-10-4-6-14(12-20)19-23(21,22)15-7-3-9-17-11-15/h2-3,5,7-9,11,14,19H,4,6,10,12H2,1H3/t14-/m1/s1. The highest BCUT2D eigenvalue weighted by molar-refractivity contribution is 7.89. The smallest absolute Gasteiger partial charge is 0.242 e. The van der Waals surface area contributed by atoms with Gasteiger partial charge in [0.25, 0.3) is 0 Å².